The van der Waals surface area contributed by atoms with Crippen molar-refractivity contribution in [2.24, 2.45) is 0 Å². The Morgan fingerprint density at radius 3 is 1.41 bits per heavy atom. The standard InChI is InChI=1S/C18H40O2Si2/c1-14(2)16(20-22(12,13)18(7,8)9)15(3)19-21(10,11)17(4,5)6/h15H,1-13H3/t15-/m0/s1. The molecule has 0 saturated carbocycles. The molecule has 132 valence electrons. The first-order valence-electron chi connectivity index (χ1n) is 8.46. The molecule has 0 aliphatic carbocycles. The second-order valence-electron chi connectivity index (χ2n) is 9.75. The van der Waals surface area contributed by atoms with Crippen LogP contribution in [0.25, 0.3) is 0 Å². The first-order valence-corrected chi connectivity index (χ1v) is 14.3. The fourth-order valence-corrected chi connectivity index (χ4v) is 4.26. The van der Waals surface area contributed by atoms with Crippen molar-refractivity contribution in [3.63, 3.8) is 0 Å². The van der Waals surface area contributed by atoms with E-state index in [1.807, 2.05) is 0 Å². The van der Waals surface area contributed by atoms with Crippen LogP contribution in [0.5, 0.6) is 0 Å². The normalized spacial score (nSPS) is 15.5. The molecular weight excluding hydrogens is 304 g/mol. The van der Waals surface area contributed by atoms with Crippen LogP contribution < -0.4 is 0 Å². The van der Waals surface area contributed by atoms with Gasteiger partial charge < -0.3 is 8.85 Å². The fraction of sp³-hybridized carbons (Fsp3) is 0.889. The highest BCUT2D eigenvalue weighted by atomic mass is 28.4. The van der Waals surface area contributed by atoms with Crippen LogP contribution >= 0.6 is 0 Å². The predicted octanol–water partition coefficient (Wildman–Crippen LogP) is 6.71. The lowest BCUT2D eigenvalue weighted by atomic mass is 10.2. The van der Waals surface area contributed by atoms with Gasteiger partial charge in [-0.05, 0) is 62.6 Å². The molecule has 0 amide bonds. The Hall–Kier alpha value is -0.0662. The minimum Gasteiger partial charge on any atom is -0.545 e. The molecule has 0 radical (unpaired) electrons. The first kappa shape index (κ1) is 21.9. The number of hydrogen-bond acceptors (Lipinski definition) is 2. The maximum absolute atomic E-state index is 6.60. The van der Waals surface area contributed by atoms with Crippen LogP contribution in [0, 0.1) is 0 Å². The summed E-state index contributed by atoms with van der Waals surface area (Å²) in [6.45, 7) is 29.3. The van der Waals surface area contributed by atoms with Crippen molar-refractivity contribution >= 4 is 16.6 Å². The summed E-state index contributed by atoms with van der Waals surface area (Å²) in [6.07, 6.45) is 0.0278. The third-order valence-corrected chi connectivity index (χ3v) is 14.2. The molecule has 0 saturated heterocycles. The van der Waals surface area contributed by atoms with Crippen LogP contribution in [0.1, 0.15) is 62.3 Å². The Morgan fingerprint density at radius 1 is 0.773 bits per heavy atom. The lowest BCUT2D eigenvalue weighted by Gasteiger charge is -2.42. The highest BCUT2D eigenvalue weighted by molar-refractivity contribution is 6.74. The molecule has 0 heterocycles. The van der Waals surface area contributed by atoms with Crippen LogP contribution in [0.15, 0.2) is 11.3 Å². The van der Waals surface area contributed by atoms with Gasteiger partial charge in [-0.2, -0.15) is 0 Å². The van der Waals surface area contributed by atoms with Crippen molar-refractivity contribution in [3.05, 3.63) is 11.3 Å². The monoisotopic (exact) mass is 344 g/mol. The topological polar surface area (TPSA) is 18.5 Å². The van der Waals surface area contributed by atoms with Crippen LogP contribution in [0.4, 0.5) is 0 Å². The molecule has 0 aromatic carbocycles. The van der Waals surface area contributed by atoms with Gasteiger partial charge in [0.05, 0.1) is 6.10 Å². The lowest BCUT2D eigenvalue weighted by Crippen LogP contribution is -2.46. The van der Waals surface area contributed by atoms with Crippen LogP contribution in [-0.4, -0.2) is 22.7 Å². The Labute approximate surface area is 141 Å². The molecule has 0 aromatic rings. The molecule has 0 unspecified atom stereocenters. The van der Waals surface area contributed by atoms with E-state index in [0.29, 0.717) is 0 Å². The minimum absolute atomic E-state index is 0.0278. The van der Waals surface area contributed by atoms with E-state index in [4.69, 9.17) is 8.85 Å². The van der Waals surface area contributed by atoms with Gasteiger partial charge in [0, 0.05) is 0 Å². The van der Waals surface area contributed by atoms with E-state index in [1.54, 1.807) is 0 Å². The van der Waals surface area contributed by atoms with Crippen molar-refractivity contribution in [3.8, 4) is 0 Å². The zero-order valence-electron chi connectivity index (χ0n) is 17.4. The smallest absolute Gasteiger partial charge is 0.250 e. The average molecular weight is 345 g/mol. The summed E-state index contributed by atoms with van der Waals surface area (Å²) < 4.78 is 13.2. The molecule has 0 rings (SSSR count). The maximum atomic E-state index is 6.60. The van der Waals surface area contributed by atoms with Gasteiger partial charge in [0.25, 0.3) is 0 Å². The van der Waals surface area contributed by atoms with Gasteiger partial charge in [0.2, 0.25) is 8.32 Å². The van der Waals surface area contributed by atoms with E-state index in [-0.39, 0.29) is 16.2 Å². The summed E-state index contributed by atoms with van der Waals surface area (Å²) in [5, 5.41) is 0.412. The third-order valence-electron chi connectivity index (χ3n) is 5.31. The highest BCUT2D eigenvalue weighted by Crippen LogP contribution is 2.41. The summed E-state index contributed by atoms with van der Waals surface area (Å²) in [6, 6.07) is 0. The van der Waals surface area contributed by atoms with E-state index in [2.05, 4.69) is 88.5 Å². The molecule has 1 atom stereocenters. The quantitative estimate of drug-likeness (QED) is 0.407. The first-order chi connectivity index (χ1) is 9.42. The molecule has 0 aliphatic heterocycles. The van der Waals surface area contributed by atoms with Gasteiger partial charge >= 0.3 is 0 Å². The van der Waals surface area contributed by atoms with Gasteiger partial charge in [-0.1, -0.05) is 41.5 Å². The summed E-state index contributed by atoms with van der Waals surface area (Å²) in [5.41, 5.74) is 1.23. The highest BCUT2D eigenvalue weighted by Gasteiger charge is 2.42. The maximum Gasteiger partial charge on any atom is 0.250 e. The van der Waals surface area contributed by atoms with E-state index in [1.165, 1.54) is 5.57 Å². The molecule has 0 aromatic heterocycles. The van der Waals surface area contributed by atoms with Crippen molar-refractivity contribution in [2.45, 2.75) is 105 Å². The number of rotatable bonds is 5. The van der Waals surface area contributed by atoms with Gasteiger partial charge in [0.1, 0.15) is 5.76 Å². The Bertz CT molecular complexity index is 406. The fourth-order valence-electron chi connectivity index (χ4n) is 1.69. The summed E-state index contributed by atoms with van der Waals surface area (Å²) in [5.74, 6) is 1.05. The van der Waals surface area contributed by atoms with Crippen molar-refractivity contribution in [1.29, 1.82) is 0 Å². The molecule has 0 spiro atoms. The number of allylic oxidation sites excluding steroid dienone is 1. The summed E-state index contributed by atoms with van der Waals surface area (Å²) >= 11 is 0. The third kappa shape index (κ3) is 5.53. The van der Waals surface area contributed by atoms with Gasteiger partial charge in [-0.15, -0.1) is 0 Å². The molecular formula is C18H40O2Si2. The molecule has 0 aliphatic rings. The Morgan fingerprint density at radius 2 is 1.14 bits per heavy atom. The summed E-state index contributed by atoms with van der Waals surface area (Å²) in [4.78, 5) is 0. The molecule has 0 N–H and O–H groups in total. The lowest BCUT2D eigenvalue weighted by molar-refractivity contribution is 0.174. The van der Waals surface area contributed by atoms with Gasteiger partial charge in [-0.25, -0.2) is 0 Å². The Kier molecular flexibility index (Phi) is 6.80. The van der Waals surface area contributed by atoms with E-state index in [0.717, 1.165) is 5.76 Å². The largest absolute Gasteiger partial charge is 0.545 e. The molecule has 2 nitrogen and oxygen atoms in total. The molecule has 0 fully saturated rings. The van der Waals surface area contributed by atoms with Crippen LogP contribution in [-0.2, 0) is 8.85 Å². The minimum atomic E-state index is -1.84. The average Bonchev–Trinajstić information content (AvgIpc) is 2.21. The second-order valence-corrected chi connectivity index (χ2v) is 19.2. The van der Waals surface area contributed by atoms with E-state index < -0.39 is 16.6 Å². The van der Waals surface area contributed by atoms with E-state index >= 15 is 0 Å². The van der Waals surface area contributed by atoms with Crippen molar-refractivity contribution in [1.82, 2.24) is 0 Å². The zero-order chi connectivity index (χ0) is 18.1. The number of hydrogen-bond donors (Lipinski definition) is 0. The molecule has 0 bridgehead atoms. The molecule has 22 heavy (non-hydrogen) atoms. The SMILES string of the molecule is CC(C)=C(O[Si](C)(C)C(C)(C)C)[C@H](C)O[Si](C)(C)C(C)(C)C. The van der Waals surface area contributed by atoms with Gasteiger partial charge in [0.15, 0.2) is 8.32 Å². The van der Waals surface area contributed by atoms with Crippen molar-refractivity contribution in [2.75, 3.05) is 0 Å². The van der Waals surface area contributed by atoms with Crippen LogP contribution in [0.3, 0.4) is 0 Å². The second kappa shape index (κ2) is 6.82. The van der Waals surface area contributed by atoms with Crippen LogP contribution in [0.2, 0.25) is 36.3 Å². The Balaban J connectivity index is 5.37. The summed E-state index contributed by atoms with van der Waals surface area (Å²) in [7, 11) is -3.63. The van der Waals surface area contributed by atoms with Gasteiger partial charge in [-0.3, -0.25) is 0 Å². The predicted molar refractivity (Wildman–Crippen MR) is 104 cm³/mol. The van der Waals surface area contributed by atoms with Crippen molar-refractivity contribution < 1.29 is 8.85 Å². The molecule has 4 heteroatoms. The van der Waals surface area contributed by atoms with E-state index in [9.17, 15) is 0 Å². The zero-order valence-corrected chi connectivity index (χ0v) is 19.4.